The van der Waals surface area contributed by atoms with Crippen LogP contribution < -0.4 is 29.6 Å². The molecule has 0 fully saturated rings. The summed E-state index contributed by atoms with van der Waals surface area (Å²) in [4.78, 5) is 33.0. The summed E-state index contributed by atoms with van der Waals surface area (Å²) in [5.74, 6) is -1.67. The number of hydrogen-bond acceptors (Lipinski definition) is 4. The molecule has 0 aromatic carbocycles. The number of carbonyl (C=O) groups excluding carboxylic acids is 3. The van der Waals surface area contributed by atoms with E-state index in [1.54, 1.807) is 6.92 Å². The predicted octanol–water partition coefficient (Wildman–Crippen LogP) is -1.76. The minimum Gasteiger partial charge on any atom is -1.00 e. The van der Waals surface area contributed by atoms with Crippen LogP contribution in [0.4, 0.5) is 0 Å². The van der Waals surface area contributed by atoms with Crippen LogP contribution in [0.25, 0.3) is 0 Å². The molecule has 0 aromatic heterocycles. The topological polar surface area (TPSA) is 60.4 Å². The molecule has 0 aliphatic rings. The molecule has 0 amide bonds. The number of ketones is 2. The quantitative estimate of drug-likeness (QED) is 0.232. The summed E-state index contributed by atoms with van der Waals surface area (Å²) >= 11 is 0. The SMILES string of the molecule is CCOC(=O)C(=O)CC(=O)CC(C)C.[H-].[Na+]. The third-order valence-corrected chi connectivity index (χ3v) is 1.50. The van der Waals surface area contributed by atoms with Gasteiger partial charge in [-0.15, -0.1) is 0 Å². The first-order valence-corrected chi connectivity index (χ1v) is 4.69. The van der Waals surface area contributed by atoms with Gasteiger partial charge in [0.25, 0.3) is 0 Å². The minimum atomic E-state index is -0.912. The summed E-state index contributed by atoms with van der Waals surface area (Å²) in [6, 6.07) is 0. The Morgan fingerprint density at radius 3 is 2.20 bits per heavy atom. The Labute approximate surface area is 114 Å². The van der Waals surface area contributed by atoms with Crippen molar-refractivity contribution >= 4 is 17.5 Å². The Morgan fingerprint density at radius 2 is 1.80 bits per heavy atom. The molecular formula is C10H17NaO4. The molecule has 5 heteroatoms. The van der Waals surface area contributed by atoms with Gasteiger partial charge in [0.1, 0.15) is 5.78 Å². The van der Waals surface area contributed by atoms with E-state index in [-0.39, 0.29) is 55.7 Å². The molecule has 0 aliphatic carbocycles. The maximum absolute atomic E-state index is 11.1. The fourth-order valence-electron chi connectivity index (χ4n) is 0.990. The summed E-state index contributed by atoms with van der Waals surface area (Å²) in [5.41, 5.74) is 0. The van der Waals surface area contributed by atoms with Gasteiger partial charge < -0.3 is 6.16 Å². The second-order valence-corrected chi connectivity index (χ2v) is 3.46. The number of hydrogen-bond donors (Lipinski definition) is 0. The van der Waals surface area contributed by atoms with E-state index in [9.17, 15) is 14.4 Å². The van der Waals surface area contributed by atoms with E-state index in [1.807, 2.05) is 13.8 Å². The van der Waals surface area contributed by atoms with Crippen molar-refractivity contribution in [2.24, 2.45) is 5.92 Å². The van der Waals surface area contributed by atoms with Crippen molar-refractivity contribution in [2.75, 3.05) is 6.61 Å². The van der Waals surface area contributed by atoms with Gasteiger partial charge >= 0.3 is 35.5 Å². The van der Waals surface area contributed by atoms with Crippen LogP contribution in [-0.2, 0) is 19.1 Å². The molecule has 0 saturated heterocycles. The van der Waals surface area contributed by atoms with E-state index in [4.69, 9.17) is 0 Å². The molecule has 0 aliphatic heterocycles. The minimum absolute atomic E-state index is 0. The van der Waals surface area contributed by atoms with E-state index in [0.717, 1.165) is 0 Å². The molecule has 4 nitrogen and oxygen atoms in total. The van der Waals surface area contributed by atoms with E-state index < -0.39 is 11.8 Å². The number of ether oxygens (including phenoxy) is 1. The Morgan fingerprint density at radius 1 is 1.27 bits per heavy atom. The molecule has 0 atom stereocenters. The van der Waals surface area contributed by atoms with Gasteiger partial charge in [-0.25, -0.2) is 4.79 Å². The zero-order valence-electron chi connectivity index (χ0n) is 10.8. The van der Waals surface area contributed by atoms with Crippen LogP contribution >= 0.6 is 0 Å². The van der Waals surface area contributed by atoms with Crippen molar-refractivity contribution < 1.29 is 50.1 Å². The van der Waals surface area contributed by atoms with Crippen LogP contribution in [0.1, 0.15) is 35.0 Å². The summed E-state index contributed by atoms with van der Waals surface area (Å²) in [6.45, 7) is 5.53. The van der Waals surface area contributed by atoms with Gasteiger partial charge in [0.15, 0.2) is 0 Å². The predicted molar refractivity (Wildman–Crippen MR) is 51.8 cm³/mol. The van der Waals surface area contributed by atoms with E-state index in [0.29, 0.717) is 6.42 Å². The Bertz CT molecular complexity index is 241. The number of rotatable bonds is 6. The molecular weight excluding hydrogens is 207 g/mol. The van der Waals surface area contributed by atoms with Crippen LogP contribution in [0.2, 0.25) is 0 Å². The summed E-state index contributed by atoms with van der Waals surface area (Å²) in [6.07, 6.45) is -0.0117. The van der Waals surface area contributed by atoms with Gasteiger partial charge in [-0.1, -0.05) is 13.8 Å². The fourth-order valence-corrected chi connectivity index (χ4v) is 0.990. The molecule has 0 radical (unpaired) electrons. The van der Waals surface area contributed by atoms with Crippen LogP contribution in [0, 0.1) is 5.92 Å². The first-order chi connectivity index (χ1) is 6.47. The zero-order chi connectivity index (χ0) is 11.1. The van der Waals surface area contributed by atoms with Crippen LogP contribution in [-0.4, -0.2) is 24.1 Å². The molecule has 0 heterocycles. The van der Waals surface area contributed by atoms with E-state index >= 15 is 0 Å². The summed E-state index contributed by atoms with van der Waals surface area (Å²) < 4.78 is 4.47. The smallest absolute Gasteiger partial charge is 1.00 e. The van der Waals surface area contributed by atoms with Crippen molar-refractivity contribution in [1.82, 2.24) is 0 Å². The molecule has 15 heavy (non-hydrogen) atoms. The molecule has 82 valence electrons. The van der Waals surface area contributed by atoms with Gasteiger partial charge in [0.2, 0.25) is 5.78 Å². The number of esters is 1. The molecule has 0 bridgehead atoms. The van der Waals surface area contributed by atoms with Gasteiger partial charge in [-0.2, -0.15) is 0 Å². The van der Waals surface area contributed by atoms with Gasteiger partial charge in [0, 0.05) is 6.42 Å². The maximum atomic E-state index is 11.1. The molecule has 0 unspecified atom stereocenters. The first-order valence-electron chi connectivity index (χ1n) is 4.69. The van der Waals surface area contributed by atoms with Gasteiger partial charge in [0.05, 0.1) is 13.0 Å². The Kier molecular flexibility index (Phi) is 10.4. The second-order valence-electron chi connectivity index (χ2n) is 3.46. The second kappa shape index (κ2) is 9.07. The zero-order valence-corrected chi connectivity index (χ0v) is 11.8. The average molecular weight is 224 g/mol. The largest absolute Gasteiger partial charge is 1.00 e. The van der Waals surface area contributed by atoms with Gasteiger partial charge in [-0.05, 0) is 12.8 Å². The molecule has 0 aromatic rings. The van der Waals surface area contributed by atoms with Crippen molar-refractivity contribution in [2.45, 2.75) is 33.6 Å². The molecule has 0 spiro atoms. The first kappa shape index (κ1) is 17.2. The van der Waals surface area contributed by atoms with Crippen molar-refractivity contribution in [3.8, 4) is 0 Å². The van der Waals surface area contributed by atoms with Crippen molar-refractivity contribution in [1.29, 1.82) is 0 Å². The van der Waals surface area contributed by atoms with Crippen LogP contribution in [0.5, 0.6) is 0 Å². The Hall–Kier alpha value is -0.190. The molecule has 0 rings (SSSR count). The average Bonchev–Trinajstić information content (AvgIpc) is 2.02. The summed E-state index contributed by atoms with van der Waals surface area (Å²) in [5, 5.41) is 0. The number of carbonyl (C=O) groups is 3. The maximum Gasteiger partial charge on any atom is 1.00 e. The van der Waals surface area contributed by atoms with Crippen LogP contribution in [0.3, 0.4) is 0 Å². The fraction of sp³-hybridized carbons (Fsp3) is 0.700. The molecule has 0 N–H and O–H groups in total. The van der Waals surface area contributed by atoms with E-state index in [2.05, 4.69) is 4.74 Å². The third-order valence-electron chi connectivity index (χ3n) is 1.50. The van der Waals surface area contributed by atoms with Gasteiger partial charge in [-0.3, -0.25) is 9.59 Å². The standard InChI is InChI=1S/C10H16O4.Na.H/c1-4-14-10(13)9(12)6-8(11)5-7(2)3;;/h7H,4-6H2,1-3H3;;/q;+1;-1. The van der Waals surface area contributed by atoms with E-state index in [1.165, 1.54) is 0 Å². The van der Waals surface area contributed by atoms with Crippen molar-refractivity contribution in [3.63, 3.8) is 0 Å². The number of Topliss-reactive ketones (excluding diaryl/α,β-unsaturated/α-hetero) is 2. The monoisotopic (exact) mass is 224 g/mol. The third kappa shape index (κ3) is 8.78. The van der Waals surface area contributed by atoms with Crippen molar-refractivity contribution in [3.05, 3.63) is 0 Å². The van der Waals surface area contributed by atoms with Crippen LogP contribution in [0.15, 0.2) is 0 Å². The summed E-state index contributed by atoms with van der Waals surface area (Å²) in [7, 11) is 0. The normalized spacial score (nSPS) is 9.33. The Balaban J connectivity index is -0.000000845. The molecule has 0 saturated carbocycles.